The second-order valence-electron chi connectivity index (χ2n) is 2.66. The fourth-order valence-electron chi connectivity index (χ4n) is 0.923. The van der Waals surface area contributed by atoms with Gasteiger partial charge in [-0.3, -0.25) is 19.2 Å². The molecule has 0 aromatic carbocycles. The van der Waals surface area contributed by atoms with Crippen molar-refractivity contribution in [3.8, 4) is 0 Å². The summed E-state index contributed by atoms with van der Waals surface area (Å²) in [6, 6.07) is 0. The highest BCUT2D eigenvalue weighted by Crippen LogP contribution is 2.48. The Morgan fingerprint density at radius 1 is 1.50 bits per heavy atom. The average Bonchev–Trinajstić information content (AvgIpc) is 2.45. The van der Waals surface area contributed by atoms with Gasteiger partial charge in [0.2, 0.25) is 11.9 Å². The van der Waals surface area contributed by atoms with Gasteiger partial charge in [0.15, 0.2) is 0 Å². The first-order valence-electron chi connectivity index (χ1n) is 3.83. The van der Waals surface area contributed by atoms with Crippen molar-refractivity contribution in [3.63, 3.8) is 0 Å². The van der Waals surface area contributed by atoms with E-state index in [0.29, 0.717) is 0 Å². The Labute approximate surface area is 81.7 Å². The van der Waals surface area contributed by atoms with E-state index in [1.54, 1.807) is 7.05 Å². The van der Waals surface area contributed by atoms with Crippen molar-refractivity contribution in [2.24, 2.45) is 4.76 Å². The van der Waals surface area contributed by atoms with E-state index in [0.717, 1.165) is 0 Å². The van der Waals surface area contributed by atoms with Gasteiger partial charge in [-0.2, -0.15) is 0 Å². The Bertz CT molecular complexity index is 308. The van der Waals surface area contributed by atoms with Crippen molar-refractivity contribution in [3.05, 3.63) is 0 Å². The summed E-state index contributed by atoms with van der Waals surface area (Å²) in [5.74, 6) is -0.00737. The predicted molar refractivity (Wildman–Crippen MR) is 49.8 cm³/mol. The molecule has 14 heavy (non-hydrogen) atoms. The largest absolute Gasteiger partial charge is 0.456 e. The lowest BCUT2D eigenvalue weighted by Gasteiger charge is -2.12. The number of rotatable bonds is 3. The molecule has 0 atom stereocenters. The van der Waals surface area contributed by atoms with Gasteiger partial charge in [-0.15, -0.1) is 4.76 Å². The van der Waals surface area contributed by atoms with E-state index < -0.39 is 7.75 Å². The molecule has 0 saturated carbocycles. The van der Waals surface area contributed by atoms with Gasteiger partial charge in [-0.25, -0.2) is 4.57 Å². The molecule has 0 aliphatic carbocycles. The second-order valence-corrected chi connectivity index (χ2v) is 4.53. The van der Waals surface area contributed by atoms with Crippen LogP contribution in [-0.2, 0) is 18.4 Å². The van der Waals surface area contributed by atoms with Crippen molar-refractivity contribution in [1.29, 1.82) is 0 Å². The van der Waals surface area contributed by atoms with Crippen molar-refractivity contribution in [2.45, 2.75) is 0 Å². The molecule has 7 nitrogen and oxygen atoms in total. The highest BCUT2D eigenvalue weighted by molar-refractivity contribution is 7.52. The third-order valence-electron chi connectivity index (χ3n) is 1.67. The standard InChI is InChI=1S/C6H12N3O4P/c1-9-4-5(10)7-6(9)8-14(11,12-2)13-3/h4H2,1-3H3,(H,7,8,10,11). The SMILES string of the molecule is COP(=O)(/N=C1/NC(=O)CN1C)OC. The van der Waals surface area contributed by atoms with Crippen LogP contribution in [0.3, 0.4) is 0 Å². The van der Waals surface area contributed by atoms with Gasteiger partial charge in [0, 0.05) is 21.3 Å². The topological polar surface area (TPSA) is 80.2 Å². The van der Waals surface area contributed by atoms with Gasteiger partial charge in [0.05, 0.1) is 6.54 Å². The van der Waals surface area contributed by atoms with Crippen LogP contribution in [0.15, 0.2) is 4.76 Å². The third kappa shape index (κ3) is 2.31. The number of likely N-dealkylation sites (N-methyl/N-ethyl adjacent to an activating group) is 1. The summed E-state index contributed by atoms with van der Waals surface area (Å²) in [7, 11) is 0.637. The number of hydrogen-bond acceptors (Lipinski definition) is 4. The van der Waals surface area contributed by atoms with E-state index in [-0.39, 0.29) is 18.4 Å². The third-order valence-corrected chi connectivity index (χ3v) is 3.03. The van der Waals surface area contributed by atoms with Crippen LogP contribution in [0.25, 0.3) is 0 Å². The number of carbonyl (C=O) groups excluding carboxylic acids is 1. The van der Waals surface area contributed by atoms with Crippen LogP contribution >= 0.6 is 7.75 Å². The fraction of sp³-hybridized carbons (Fsp3) is 0.667. The number of nitrogens with one attached hydrogen (secondary N) is 1. The summed E-state index contributed by atoms with van der Waals surface area (Å²) in [4.78, 5) is 12.4. The maximum atomic E-state index is 11.5. The minimum absolute atomic E-state index is 0.187. The Kier molecular flexibility index (Phi) is 3.25. The Morgan fingerprint density at radius 3 is 2.43 bits per heavy atom. The first kappa shape index (κ1) is 11.2. The Hall–Kier alpha value is -0.910. The van der Waals surface area contributed by atoms with Gasteiger partial charge in [0.25, 0.3) is 0 Å². The molecule has 1 fully saturated rings. The number of hydrogen-bond donors (Lipinski definition) is 1. The monoisotopic (exact) mass is 221 g/mol. The van der Waals surface area contributed by atoms with Crippen molar-refractivity contribution in [1.82, 2.24) is 10.2 Å². The van der Waals surface area contributed by atoms with Gasteiger partial charge >= 0.3 is 7.75 Å². The summed E-state index contributed by atoms with van der Waals surface area (Å²) in [5.41, 5.74) is 0. The van der Waals surface area contributed by atoms with Crippen LogP contribution in [0.2, 0.25) is 0 Å². The molecule has 1 heterocycles. The maximum Gasteiger partial charge on any atom is 0.456 e. The van der Waals surface area contributed by atoms with E-state index in [4.69, 9.17) is 0 Å². The molecule has 0 unspecified atom stereocenters. The molecule has 1 aliphatic rings. The first-order valence-corrected chi connectivity index (χ1v) is 5.33. The molecule has 0 spiro atoms. The molecule has 1 rings (SSSR count). The number of carbonyl (C=O) groups is 1. The number of nitrogens with zero attached hydrogens (tertiary/aromatic N) is 2. The smallest absolute Gasteiger partial charge is 0.336 e. The minimum Gasteiger partial charge on any atom is -0.336 e. The fourth-order valence-corrected chi connectivity index (χ4v) is 1.67. The highest BCUT2D eigenvalue weighted by Gasteiger charge is 2.27. The molecule has 1 aliphatic heterocycles. The predicted octanol–water partition coefficient (Wildman–Crippen LogP) is -0.195. The summed E-state index contributed by atoms with van der Waals surface area (Å²) in [6.07, 6.45) is 0. The minimum atomic E-state index is -3.46. The average molecular weight is 221 g/mol. The molecule has 0 radical (unpaired) electrons. The van der Waals surface area contributed by atoms with E-state index in [1.807, 2.05) is 0 Å². The number of amides is 1. The Balaban J connectivity index is 2.87. The molecule has 0 bridgehead atoms. The zero-order valence-corrected chi connectivity index (χ0v) is 9.08. The van der Waals surface area contributed by atoms with E-state index >= 15 is 0 Å². The molecule has 1 saturated heterocycles. The molecule has 1 amide bonds. The van der Waals surface area contributed by atoms with Crippen molar-refractivity contribution >= 4 is 19.6 Å². The van der Waals surface area contributed by atoms with Gasteiger partial charge < -0.3 is 4.90 Å². The van der Waals surface area contributed by atoms with Gasteiger partial charge in [-0.05, 0) is 0 Å². The van der Waals surface area contributed by atoms with E-state index in [9.17, 15) is 9.36 Å². The first-order chi connectivity index (χ1) is 6.50. The van der Waals surface area contributed by atoms with Crippen LogP contribution in [0.1, 0.15) is 0 Å². The molecule has 0 aromatic rings. The summed E-state index contributed by atoms with van der Waals surface area (Å²) >= 11 is 0. The summed E-state index contributed by atoms with van der Waals surface area (Å²) in [6.45, 7) is 0.187. The summed E-state index contributed by atoms with van der Waals surface area (Å²) in [5, 5.41) is 2.43. The highest BCUT2D eigenvalue weighted by atomic mass is 31.2. The van der Waals surface area contributed by atoms with Crippen LogP contribution in [0.4, 0.5) is 0 Å². The van der Waals surface area contributed by atoms with Crippen LogP contribution in [0.5, 0.6) is 0 Å². The number of guanidine groups is 1. The van der Waals surface area contributed by atoms with Crippen LogP contribution in [-0.4, -0.2) is 44.6 Å². The van der Waals surface area contributed by atoms with Gasteiger partial charge in [-0.1, -0.05) is 0 Å². The zero-order valence-electron chi connectivity index (χ0n) is 8.18. The second kappa shape index (κ2) is 4.08. The van der Waals surface area contributed by atoms with Crippen LogP contribution in [0, 0.1) is 0 Å². The Morgan fingerprint density at radius 2 is 2.07 bits per heavy atom. The molecular weight excluding hydrogens is 209 g/mol. The van der Waals surface area contributed by atoms with Crippen LogP contribution < -0.4 is 5.32 Å². The quantitative estimate of drug-likeness (QED) is 0.668. The van der Waals surface area contributed by atoms with Gasteiger partial charge in [0.1, 0.15) is 0 Å². The lowest BCUT2D eigenvalue weighted by molar-refractivity contribution is -0.118. The van der Waals surface area contributed by atoms with E-state index in [2.05, 4.69) is 19.1 Å². The lowest BCUT2D eigenvalue weighted by atomic mass is 10.6. The lowest BCUT2D eigenvalue weighted by Crippen LogP contribution is -2.27. The van der Waals surface area contributed by atoms with E-state index in [1.165, 1.54) is 19.1 Å². The molecule has 80 valence electrons. The molecular formula is C6H12N3O4P. The zero-order chi connectivity index (χ0) is 10.8. The molecule has 1 N–H and O–H groups in total. The maximum absolute atomic E-state index is 11.5. The van der Waals surface area contributed by atoms with Crippen molar-refractivity contribution < 1.29 is 18.4 Å². The molecule has 8 heteroatoms. The summed E-state index contributed by atoms with van der Waals surface area (Å²) < 4.78 is 24.4. The normalized spacial score (nSPS) is 20.4. The molecule has 0 aromatic heterocycles. The van der Waals surface area contributed by atoms with Crippen molar-refractivity contribution in [2.75, 3.05) is 27.8 Å².